The molecule has 0 aliphatic carbocycles. The molecule has 0 radical (unpaired) electrons. The van der Waals surface area contributed by atoms with E-state index in [2.05, 4.69) is 31.2 Å². The monoisotopic (exact) mass is 291 g/mol. The van der Waals surface area contributed by atoms with Gasteiger partial charge in [0.15, 0.2) is 0 Å². The molecule has 0 saturated heterocycles. The van der Waals surface area contributed by atoms with Crippen LogP contribution in [-0.2, 0) is 6.54 Å². The van der Waals surface area contributed by atoms with E-state index >= 15 is 0 Å². The fourth-order valence-electron chi connectivity index (χ4n) is 1.30. The Morgan fingerprint density at radius 1 is 1.24 bits per heavy atom. The summed E-state index contributed by atoms with van der Waals surface area (Å²) in [5.41, 5.74) is 1.56. The molecule has 0 fully saturated rings. The second-order valence-electron chi connectivity index (χ2n) is 3.41. The van der Waals surface area contributed by atoms with Gasteiger partial charge in [-0.15, -0.1) is 0 Å². The van der Waals surface area contributed by atoms with E-state index in [-0.39, 0.29) is 5.91 Å². The van der Waals surface area contributed by atoms with Crippen LogP contribution in [0.25, 0.3) is 0 Å². The minimum Gasteiger partial charge on any atom is -0.348 e. The molecule has 5 heteroatoms. The van der Waals surface area contributed by atoms with E-state index in [0.717, 1.165) is 10.2 Å². The Morgan fingerprint density at radius 2 is 2.00 bits per heavy atom. The van der Waals surface area contributed by atoms with Crippen LogP contribution in [-0.4, -0.2) is 15.9 Å². The Hall–Kier alpha value is -1.75. The first-order valence-electron chi connectivity index (χ1n) is 5.04. The lowest BCUT2D eigenvalue weighted by atomic mass is 10.2. The molecule has 0 bridgehead atoms. The molecule has 0 unspecified atom stereocenters. The molecule has 2 aromatic heterocycles. The number of hydrogen-bond donors (Lipinski definition) is 1. The smallest absolute Gasteiger partial charge is 0.251 e. The van der Waals surface area contributed by atoms with Crippen molar-refractivity contribution in [2.45, 2.75) is 6.54 Å². The Morgan fingerprint density at radius 3 is 2.65 bits per heavy atom. The third kappa shape index (κ3) is 3.35. The largest absolute Gasteiger partial charge is 0.348 e. The van der Waals surface area contributed by atoms with Crippen molar-refractivity contribution in [3.63, 3.8) is 0 Å². The van der Waals surface area contributed by atoms with Crippen molar-refractivity contribution >= 4 is 21.8 Å². The van der Waals surface area contributed by atoms with Gasteiger partial charge in [0.25, 0.3) is 5.91 Å². The lowest BCUT2D eigenvalue weighted by Gasteiger charge is -2.04. The third-order valence-electron chi connectivity index (χ3n) is 2.18. The van der Waals surface area contributed by atoms with Crippen LogP contribution in [0.15, 0.2) is 47.5 Å². The van der Waals surface area contributed by atoms with E-state index in [1.807, 2.05) is 12.1 Å². The Labute approximate surface area is 107 Å². The van der Waals surface area contributed by atoms with Gasteiger partial charge in [-0.1, -0.05) is 6.07 Å². The molecule has 0 aromatic carbocycles. The summed E-state index contributed by atoms with van der Waals surface area (Å²) in [5, 5.41) is 2.81. The van der Waals surface area contributed by atoms with Gasteiger partial charge >= 0.3 is 0 Å². The Kier molecular flexibility index (Phi) is 3.82. The number of carbonyl (C=O) groups excluding carboxylic acids is 1. The summed E-state index contributed by atoms with van der Waals surface area (Å²) >= 11 is 3.26. The molecule has 0 aliphatic rings. The first kappa shape index (κ1) is 11.7. The van der Waals surface area contributed by atoms with Crippen LogP contribution in [0, 0.1) is 0 Å². The van der Waals surface area contributed by atoms with Gasteiger partial charge in [-0.3, -0.25) is 9.78 Å². The summed E-state index contributed by atoms with van der Waals surface area (Å²) in [5.74, 6) is -0.115. The van der Waals surface area contributed by atoms with Crippen LogP contribution >= 0.6 is 15.9 Å². The van der Waals surface area contributed by atoms with Crippen molar-refractivity contribution < 1.29 is 4.79 Å². The van der Waals surface area contributed by atoms with Crippen LogP contribution < -0.4 is 5.32 Å². The second kappa shape index (κ2) is 5.54. The van der Waals surface area contributed by atoms with E-state index in [1.54, 1.807) is 30.7 Å². The van der Waals surface area contributed by atoms with Gasteiger partial charge in [-0.2, -0.15) is 0 Å². The van der Waals surface area contributed by atoms with Crippen molar-refractivity contribution in [2.24, 2.45) is 0 Å². The number of nitrogens with zero attached hydrogens (tertiary/aromatic N) is 2. The molecule has 1 amide bonds. The zero-order valence-electron chi connectivity index (χ0n) is 8.93. The lowest BCUT2D eigenvalue weighted by Crippen LogP contribution is -2.22. The number of rotatable bonds is 3. The summed E-state index contributed by atoms with van der Waals surface area (Å²) < 4.78 is 0.779. The van der Waals surface area contributed by atoms with E-state index < -0.39 is 0 Å². The van der Waals surface area contributed by atoms with Crippen molar-refractivity contribution in [1.29, 1.82) is 0 Å². The standard InChI is InChI=1S/C12H10BrN3O/c13-11-2-1-9(7-15-11)8-16-12(17)10-3-5-14-6-4-10/h1-7H,8H2,(H,16,17). The molecule has 17 heavy (non-hydrogen) atoms. The number of nitrogens with one attached hydrogen (secondary N) is 1. The first-order valence-corrected chi connectivity index (χ1v) is 5.83. The molecule has 0 atom stereocenters. The predicted molar refractivity (Wildman–Crippen MR) is 67.3 cm³/mol. The highest BCUT2D eigenvalue weighted by Gasteiger charge is 2.03. The van der Waals surface area contributed by atoms with Crippen molar-refractivity contribution in [1.82, 2.24) is 15.3 Å². The normalized spacial score (nSPS) is 9.94. The molecule has 1 N–H and O–H groups in total. The van der Waals surface area contributed by atoms with Crippen LogP contribution in [0.5, 0.6) is 0 Å². The van der Waals surface area contributed by atoms with Crippen molar-refractivity contribution in [3.8, 4) is 0 Å². The highest BCUT2D eigenvalue weighted by molar-refractivity contribution is 9.10. The Balaban J connectivity index is 1.95. The van der Waals surface area contributed by atoms with Gasteiger partial charge in [-0.05, 0) is 39.7 Å². The maximum absolute atomic E-state index is 11.7. The van der Waals surface area contributed by atoms with Crippen LogP contribution in [0.2, 0.25) is 0 Å². The number of pyridine rings is 2. The van der Waals surface area contributed by atoms with Gasteiger partial charge in [0.05, 0.1) is 0 Å². The van der Waals surface area contributed by atoms with E-state index in [1.165, 1.54) is 0 Å². The van der Waals surface area contributed by atoms with E-state index in [4.69, 9.17) is 0 Å². The fraction of sp³-hybridized carbons (Fsp3) is 0.0833. The van der Waals surface area contributed by atoms with Gasteiger partial charge in [0, 0.05) is 30.7 Å². The Bertz CT molecular complexity index is 499. The maximum atomic E-state index is 11.7. The third-order valence-corrected chi connectivity index (χ3v) is 2.65. The van der Waals surface area contributed by atoms with Crippen molar-refractivity contribution in [3.05, 3.63) is 58.6 Å². The highest BCUT2D eigenvalue weighted by atomic mass is 79.9. The van der Waals surface area contributed by atoms with Crippen LogP contribution in [0.3, 0.4) is 0 Å². The SMILES string of the molecule is O=C(NCc1ccc(Br)nc1)c1ccncc1. The average molecular weight is 292 g/mol. The van der Waals surface area contributed by atoms with Gasteiger partial charge in [-0.25, -0.2) is 4.98 Å². The zero-order valence-corrected chi connectivity index (χ0v) is 10.5. The predicted octanol–water partition coefficient (Wildman–Crippen LogP) is 2.17. The molecule has 86 valence electrons. The molecule has 4 nitrogen and oxygen atoms in total. The van der Waals surface area contributed by atoms with Crippen molar-refractivity contribution in [2.75, 3.05) is 0 Å². The summed E-state index contributed by atoms with van der Waals surface area (Å²) in [7, 11) is 0. The summed E-state index contributed by atoms with van der Waals surface area (Å²) in [6.45, 7) is 0.460. The number of amides is 1. The minimum atomic E-state index is -0.115. The highest BCUT2D eigenvalue weighted by Crippen LogP contribution is 2.06. The molecule has 0 saturated carbocycles. The number of hydrogen-bond acceptors (Lipinski definition) is 3. The van der Waals surface area contributed by atoms with E-state index in [0.29, 0.717) is 12.1 Å². The fourth-order valence-corrected chi connectivity index (χ4v) is 1.53. The number of carbonyl (C=O) groups is 1. The molecule has 0 aliphatic heterocycles. The second-order valence-corrected chi connectivity index (χ2v) is 4.22. The number of aromatic nitrogens is 2. The molecule has 2 heterocycles. The molecule has 0 spiro atoms. The first-order chi connectivity index (χ1) is 8.25. The maximum Gasteiger partial charge on any atom is 0.251 e. The van der Waals surface area contributed by atoms with Crippen LogP contribution in [0.4, 0.5) is 0 Å². The van der Waals surface area contributed by atoms with Gasteiger partial charge in [0.1, 0.15) is 4.60 Å². The molecular weight excluding hydrogens is 282 g/mol. The van der Waals surface area contributed by atoms with Gasteiger partial charge < -0.3 is 5.32 Å². The lowest BCUT2D eigenvalue weighted by molar-refractivity contribution is 0.0951. The topological polar surface area (TPSA) is 54.9 Å². The molecular formula is C12H10BrN3O. The van der Waals surface area contributed by atoms with Gasteiger partial charge in [0.2, 0.25) is 0 Å². The quantitative estimate of drug-likeness (QED) is 0.882. The molecule has 2 aromatic rings. The van der Waals surface area contributed by atoms with E-state index in [9.17, 15) is 4.79 Å². The molecule has 2 rings (SSSR count). The summed E-state index contributed by atoms with van der Waals surface area (Å²) in [6.07, 6.45) is 4.91. The minimum absolute atomic E-state index is 0.115. The van der Waals surface area contributed by atoms with Crippen LogP contribution in [0.1, 0.15) is 15.9 Å². The number of halogens is 1. The summed E-state index contributed by atoms with van der Waals surface area (Å²) in [4.78, 5) is 19.7. The zero-order chi connectivity index (χ0) is 12.1. The average Bonchev–Trinajstić information content (AvgIpc) is 2.39. The summed E-state index contributed by atoms with van der Waals surface area (Å²) in [6, 6.07) is 7.10.